The molecule has 2 unspecified atom stereocenters. The van der Waals surface area contributed by atoms with Gasteiger partial charge < -0.3 is 10.5 Å². The van der Waals surface area contributed by atoms with Gasteiger partial charge >= 0.3 is 0 Å². The van der Waals surface area contributed by atoms with E-state index >= 15 is 0 Å². The smallest absolute Gasteiger partial charge is 0.123 e. The summed E-state index contributed by atoms with van der Waals surface area (Å²) >= 11 is 0. The molecule has 0 aliphatic heterocycles. The van der Waals surface area contributed by atoms with Crippen molar-refractivity contribution in [2.45, 2.75) is 52.4 Å². The molecule has 2 rings (SSSR count). The summed E-state index contributed by atoms with van der Waals surface area (Å²) in [5.74, 6) is 1.21. The summed E-state index contributed by atoms with van der Waals surface area (Å²) in [6.07, 6.45) is 3.80. The van der Waals surface area contributed by atoms with Crippen molar-refractivity contribution in [1.82, 2.24) is 0 Å². The molecular weight excluding hydrogens is 241 g/mol. The van der Waals surface area contributed by atoms with Gasteiger partial charge in [-0.2, -0.15) is 0 Å². The third kappa shape index (κ3) is 4.02. The van der Waals surface area contributed by atoms with E-state index in [0.717, 1.165) is 35.8 Å². The molecule has 0 spiro atoms. The Hall–Kier alpha value is -0.930. The quantitative estimate of drug-likeness (QED) is 0.902. The highest BCUT2D eigenvalue weighted by Gasteiger charge is 2.24. The molecule has 0 heterocycles. The van der Waals surface area contributed by atoms with Crippen molar-refractivity contribution in [2.24, 2.45) is 17.6 Å². The summed E-state index contributed by atoms with van der Waals surface area (Å²) in [6.45, 7) is 5.45. The number of rotatable bonds is 4. The van der Waals surface area contributed by atoms with Crippen LogP contribution in [0, 0.1) is 17.7 Å². The third-order valence-electron chi connectivity index (χ3n) is 4.00. The summed E-state index contributed by atoms with van der Waals surface area (Å²) in [7, 11) is 0. The Morgan fingerprint density at radius 3 is 2.47 bits per heavy atom. The molecule has 2 nitrogen and oxygen atoms in total. The number of halogens is 1. The first-order chi connectivity index (χ1) is 9.08. The first kappa shape index (κ1) is 14.5. The zero-order valence-electron chi connectivity index (χ0n) is 11.9. The van der Waals surface area contributed by atoms with Gasteiger partial charge in [-0.1, -0.05) is 19.9 Å². The van der Waals surface area contributed by atoms with Crippen LogP contribution >= 0.6 is 0 Å². The Labute approximate surface area is 115 Å². The Morgan fingerprint density at radius 1 is 1.16 bits per heavy atom. The van der Waals surface area contributed by atoms with Crippen LogP contribution in [0.4, 0.5) is 4.39 Å². The van der Waals surface area contributed by atoms with Crippen LogP contribution in [-0.2, 0) is 17.9 Å². The summed E-state index contributed by atoms with van der Waals surface area (Å²) in [4.78, 5) is 0. The number of hydrogen-bond donors (Lipinski definition) is 1. The molecule has 106 valence electrons. The lowest BCUT2D eigenvalue weighted by Crippen LogP contribution is -2.26. The van der Waals surface area contributed by atoms with E-state index in [1.54, 1.807) is 6.07 Å². The van der Waals surface area contributed by atoms with Gasteiger partial charge in [-0.05, 0) is 54.4 Å². The highest BCUT2D eigenvalue weighted by Crippen LogP contribution is 2.31. The predicted octanol–water partition coefficient (Wildman–Crippen LogP) is 3.63. The molecule has 1 aromatic carbocycles. The average Bonchev–Trinajstić information content (AvgIpc) is 2.35. The van der Waals surface area contributed by atoms with E-state index in [0.29, 0.717) is 19.3 Å². The van der Waals surface area contributed by atoms with Gasteiger partial charge in [0.1, 0.15) is 5.82 Å². The third-order valence-corrected chi connectivity index (χ3v) is 4.00. The Bertz CT molecular complexity index is 411. The molecule has 0 radical (unpaired) electrons. The fourth-order valence-corrected chi connectivity index (χ4v) is 3.14. The minimum Gasteiger partial charge on any atom is -0.374 e. The van der Waals surface area contributed by atoms with Crippen LogP contribution in [0.25, 0.3) is 0 Å². The van der Waals surface area contributed by atoms with Crippen LogP contribution in [0.2, 0.25) is 0 Å². The molecule has 1 aliphatic carbocycles. The monoisotopic (exact) mass is 265 g/mol. The fraction of sp³-hybridized carbons (Fsp3) is 0.625. The van der Waals surface area contributed by atoms with Gasteiger partial charge in [0.25, 0.3) is 0 Å². The van der Waals surface area contributed by atoms with Crippen molar-refractivity contribution in [3.8, 4) is 0 Å². The number of nitrogens with two attached hydrogens (primary N) is 1. The van der Waals surface area contributed by atoms with E-state index in [4.69, 9.17) is 10.5 Å². The maximum atomic E-state index is 13.3. The highest BCUT2D eigenvalue weighted by molar-refractivity contribution is 5.27. The maximum Gasteiger partial charge on any atom is 0.123 e. The molecule has 0 amide bonds. The van der Waals surface area contributed by atoms with E-state index in [1.165, 1.54) is 18.6 Å². The highest BCUT2D eigenvalue weighted by atomic mass is 19.1. The van der Waals surface area contributed by atoms with E-state index in [1.807, 2.05) is 0 Å². The van der Waals surface area contributed by atoms with Crippen molar-refractivity contribution in [2.75, 3.05) is 0 Å². The number of hydrogen-bond acceptors (Lipinski definition) is 2. The molecule has 2 N–H and O–H groups in total. The predicted molar refractivity (Wildman–Crippen MR) is 75.0 cm³/mol. The lowest BCUT2D eigenvalue weighted by Gasteiger charge is -2.31. The Kier molecular flexibility index (Phi) is 4.94. The van der Waals surface area contributed by atoms with Crippen molar-refractivity contribution in [1.29, 1.82) is 0 Å². The minimum atomic E-state index is -0.221. The van der Waals surface area contributed by atoms with Gasteiger partial charge in [0.15, 0.2) is 0 Å². The lowest BCUT2D eigenvalue weighted by molar-refractivity contribution is -0.00948. The summed E-state index contributed by atoms with van der Waals surface area (Å²) in [5.41, 5.74) is 7.53. The van der Waals surface area contributed by atoms with E-state index in [-0.39, 0.29) is 5.82 Å². The van der Waals surface area contributed by atoms with Crippen LogP contribution in [-0.4, -0.2) is 6.10 Å². The van der Waals surface area contributed by atoms with Crippen LogP contribution in [0.3, 0.4) is 0 Å². The maximum absolute atomic E-state index is 13.3. The van der Waals surface area contributed by atoms with Crippen LogP contribution < -0.4 is 5.73 Å². The van der Waals surface area contributed by atoms with Gasteiger partial charge in [-0.15, -0.1) is 0 Å². The first-order valence-electron chi connectivity index (χ1n) is 7.17. The second-order valence-electron chi connectivity index (χ2n) is 5.97. The van der Waals surface area contributed by atoms with Gasteiger partial charge in [-0.3, -0.25) is 0 Å². The normalized spacial score (nSPS) is 27.5. The Balaban J connectivity index is 1.96. The molecule has 3 heteroatoms. The zero-order chi connectivity index (χ0) is 13.8. The molecule has 1 aromatic rings. The van der Waals surface area contributed by atoms with E-state index in [2.05, 4.69) is 13.8 Å². The topological polar surface area (TPSA) is 35.2 Å². The standard InChI is InChI=1S/C16H24FNO/c1-11-5-12(2)7-16(6-11)19-10-14-8-15(17)4-3-13(14)9-18/h3-4,8,11-12,16H,5-7,9-10,18H2,1-2H3. The second-order valence-corrected chi connectivity index (χ2v) is 5.97. The summed E-state index contributed by atoms with van der Waals surface area (Å²) in [5, 5.41) is 0. The summed E-state index contributed by atoms with van der Waals surface area (Å²) < 4.78 is 19.3. The molecule has 2 atom stereocenters. The first-order valence-corrected chi connectivity index (χ1v) is 7.17. The molecule has 0 bridgehead atoms. The fourth-order valence-electron chi connectivity index (χ4n) is 3.14. The van der Waals surface area contributed by atoms with Crippen molar-refractivity contribution in [3.63, 3.8) is 0 Å². The largest absolute Gasteiger partial charge is 0.374 e. The molecule has 19 heavy (non-hydrogen) atoms. The van der Waals surface area contributed by atoms with Gasteiger partial charge in [-0.25, -0.2) is 4.39 Å². The second kappa shape index (κ2) is 6.49. The van der Waals surface area contributed by atoms with Crippen molar-refractivity contribution < 1.29 is 9.13 Å². The van der Waals surface area contributed by atoms with Crippen LogP contribution in [0.5, 0.6) is 0 Å². The lowest BCUT2D eigenvalue weighted by atomic mass is 9.82. The molecule has 1 saturated carbocycles. The molecule has 0 aromatic heterocycles. The number of ether oxygens (including phenoxy) is 1. The minimum absolute atomic E-state index is 0.221. The van der Waals surface area contributed by atoms with Gasteiger partial charge in [0, 0.05) is 6.54 Å². The SMILES string of the molecule is CC1CC(C)CC(OCc2cc(F)ccc2CN)C1. The molecule has 0 saturated heterocycles. The van der Waals surface area contributed by atoms with E-state index < -0.39 is 0 Å². The molecule has 1 aliphatic rings. The zero-order valence-corrected chi connectivity index (χ0v) is 11.9. The van der Waals surface area contributed by atoms with Crippen LogP contribution in [0.1, 0.15) is 44.2 Å². The van der Waals surface area contributed by atoms with E-state index in [9.17, 15) is 4.39 Å². The molecule has 1 fully saturated rings. The Morgan fingerprint density at radius 2 is 1.84 bits per heavy atom. The average molecular weight is 265 g/mol. The van der Waals surface area contributed by atoms with Gasteiger partial charge in [0.2, 0.25) is 0 Å². The summed E-state index contributed by atoms with van der Waals surface area (Å²) in [6, 6.07) is 4.74. The van der Waals surface area contributed by atoms with Crippen molar-refractivity contribution >= 4 is 0 Å². The van der Waals surface area contributed by atoms with Gasteiger partial charge in [0.05, 0.1) is 12.7 Å². The van der Waals surface area contributed by atoms with Crippen molar-refractivity contribution in [3.05, 3.63) is 35.1 Å². The van der Waals surface area contributed by atoms with Crippen LogP contribution in [0.15, 0.2) is 18.2 Å². The number of benzene rings is 1. The molecular formula is C16H24FNO.